The molecular weight excluding hydrogens is 318 g/mol. The van der Waals surface area contributed by atoms with Gasteiger partial charge in [0.2, 0.25) is 0 Å². The van der Waals surface area contributed by atoms with Gasteiger partial charge in [-0.2, -0.15) is 0 Å². The van der Waals surface area contributed by atoms with Crippen LogP contribution < -0.4 is 14.8 Å². The van der Waals surface area contributed by atoms with Crippen LogP contribution in [-0.2, 0) is 17.8 Å². The van der Waals surface area contributed by atoms with E-state index in [1.54, 1.807) is 14.2 Å². The van der Waals surface area contributed by atoms with E-state index in [0.29, 0.717) is 6.54 Å². The fourth-order valence-electron chi connectivity index (χ4n) is 3.21. The molecule has 5 heteroatoms. The zero-order valence-electron chi connectivity index (χ0n) is 14.6. The summed E-state index contributed by atoms with van der Waals surface area (Å²) < 4.78 is 16.0. The van der Waals surface area contributed by atoms with Crippen LogP contribution in [0, 0.1) is 0 Å². The Morgan fingerprint density at radius 3 is 2.56 bits per heavy atom. The van der Waals surface area contributed by atoms with Gasteiger partial charge in [0.05, 0.1) is 14.2 Å². The summed E-state index contributed by atoms with van der Waals surface area (Å²) in [5, 5.41) is 2.87. The molecule has 3 rings (SSSR count). The third kappa shape index (κ3) is 4.05. The number of methoxy groups -OCH3 is 2. The van der Waals surface area contributed by atoms with Crippen molar-refractivity contribution in [3.05, 3.63) is 59.2 Å². The van der Waals surface area contributed by atoms with Crippen LogP contribution in [0.3, 0.4) is 0 Å². The molecule has 2 aromatic rings. The first-order chi connectivity index (χ1) is 12.2. The lowest BCUT2D eigenvalue weighted by molar-refractivity contribution is 0.139. The van der Waals surface area contributed by atoms with E-state index >= 15 is 0 Å². The molecule has 0 saturated heterocycles. The number of carbonyl (C=O) groups is 1. The van der Waals surface area contributed by atoms with Crippen LogP contribution in [-0.4, -0.2) is 26.9 Å². The van der Waals surface area contributed by atoms with Crippen LogP contribution in [0.5, 0.6) is 11.5 Å². The predicted molar refractivity (Wildman–Crippen MR) is 95.2 cm³/mol. The average molecular weight is 341 g/mol. The lowest BCUT2D eigenvalue weighted by atomic mass is 10.0. The van der Waals surface area contributed by atoms with Crippen molar-refractivity contribution in [2.45, 2.75) is 25.4 Å². The lowest BCUT2D eigenvalue weighted by Crippen LogP contribution is -2.28. The van der Waals surface area contributed by atoms with Crippen LogP contribution >= 0.6 is 0 Å². The first kappa shape index (κ1) is 17.1. The van der Waals surface area contributed by atoms with E-state index in [4.69, 9.17) is 14.2 Å². The molecule has 0 bridgehead atoms. The normalized spacial score (nSPS) is 15.4. The Bertz CT molecular complexity index is 730. The van der Waals surface area contributed by atoms with Gasteiger partial charge in [-0.1, -0.05) is 30.3 Å². The number of benzene rings is 2. The fourth-order valence-corrected chi connectivity index (χ4v) is 3.21. The number of hydrogen-bond donors (Lipinski definition) is 1. The highest BCUT2D eigenvalue weighted by Gasteiger charge is 2.25. The van der Waals surface area contributed by atoms with Crippen LogP contribution in [0.25, 0.3) is 0 Å². The van der Waals surface area contributed by atoms with E-state index in [9.17, 15) is 4.79 Å². The van der Waals surface area contributed by atoms with E-state index in [-0.39, 0.29) is 12.5 Å². The van der Waals surface area contributed by atoms with Gasteiger partial charge in [-0.25, -0.2) is 4.79 Å². The molecule has 0 spiro atoms. The van der Waals surface area contributed by atoms with Crippen molar-refractivity contribution in [1.29, 1.82) is 0 Å². The van der Waals surface area contributed by atoms with Gasteiger partial charge in [-0.15, -0.1) is 0 Å². The van der Waals surface area contributed by atoms with Crippen molar-refractivity contribution in [3.63, 3.8) is 0 Å². The van der Waals surface area contributed by atoms with Gasteiger partial charge in [-0.05, 0) is 41.7 Å². The van der Waals surface area contributed by atoms with Crippen molar-refractivity contribution in [2.75, 3.05) is 20.8 Å². The predicted octanol–water partition coefficient (Wildman–Crippen LogP) is 3.66. The number of rotatable bonds is 6. The third-order valence-electron chi connectivity index (χ3n) is 4.55. The minimum absolute atomic E-state index is 0.263. The Balaban J connectivity index is 1.56. The first-order valence-electron chi connectivity index (χ1n) is 8.40. The van der Waals surface area contributed by atoms with Crippen molar-refractivity contribution in [2.24, 2.45) is 0 Å². The Kier molecular flexibility index (Phi) is 5.43. The van der Waals surface area contributed by atoms with E-state index < -0.39 is 6.09 Å². The average Bonchev–Trinajstić information content (AvgIpc) is 3.06. The summed E-state index contributed by atoms with van der Waals surface area (Å²) in [6.07, 6.45) is 1.57. The minimum Gasteiger partial charge on any atom is -0.493 e. The Morgan fingerprint density at radius 1 is 1.12 bits per heavy atom. The molecule has 132 valence electrons. The monoisotopic (exact) mass is 341 g/mol. The Morgan fingerprint density at radius 2 is 1.84 bits per heavy atom. The number of amides is 1. The van der Waals surface area contributed by atoms with Gasteiger partial charge in [0.25, 0.3) is 0 Å². The number of carbonyl (C=O) groups excluding carboxylic acids is 1. The second-order valence-electron chi connectivity index (χ2n) is 6.08. The first-order valence-corrected chi connectivity index (χ1v) is 8.40. The number of hydrogen-bond acceptors (Lipinski definition) is 4. The molecule has 1 atom stereocenters. The smallest absolute Gasteiger partial charge is 0.407 e. The maximum atomic E-state index is 11.9. The second kappa shape index (κ2) is 7.92. The lowest BCUT2D eigenvalue weighted by Gasteiger charge is -2.15. The molecule has 2 aromatic carbocycles. The van der Waals surface area contributed by atoms with E-state index in [1.165, 1.54) is 11.1 Å². The molecule has 1 N–H and O–H groups in total. The molecule has 1 aliphatic carbocycles. The quantitative estimate of drug-likeness (QED) is 0.871. The van der Waals surface area contributed by atoms with Crippen molar-refractivity contribution < 1.29 is 19.0 Å². The Labute approximate surface area is 147 Å². The largest absolute Gasteiger partial charge is 0.493 e. The number of fused-ring (bicyclic) bond motifs is 1. The van der Waals surface area contributed by atoms with Crippen LogP contribution in [0.15, 0.2) is 42.5 Å². The standard InChI is InChI=1S/C20H23NO4/c1-23-18-10-15-8-9-16(17(15)11-19(18)24-2)12-21-20(22)25-13-14-6-4-3-5-7-14/h3-7,10-11,16H,8-9,12-13H2,1-2H3,(H,21,22). The summed E-state index contributed by atoms with van der Waals surface area (Å²) in [5.41, 5.74) is 3.43. The SMILES string of the molecule is COc1cc2c(cc1OC)C(CNC(=O)OCc1ccccc1)CC2. The maximum absolute atomic E-state index is 11.9. The van der Waals surface area contributed by atoms with Crippen molar-refractivity contribution in [1.82, 2.24) is 5.32 Å². The van der Waals surface area contributed by atoms with Gasteiger partial charge in [-0.3, -0.25) is 0 Å². The maximum Gasteiger partial charge on any atom is 0.407 e. The van der Waals surface area contributed by atoms with Crippen molar-refractivity contribution in [3.8, 4) is 11.5 Å². The van der Waals surface area contributed by atoms with Gasteiger partial charge >= 0.3 is 6.09 Å². The number of nitrogens with one attached hydrogen (secondary N) is 1. The third-order valence-corrected chi connectivity index (χ3v) is 4.55. The van der Waals surface area contributed by atoms with Gasteiger partial charge in [0, 0.05) is 12.5 Å². The molecule has 1 unspecified atom stereocenters. The summed E-state index contributed by atoms with van der Waals surface area (Å²) in [5.74, 6) is 1.73. The second-order valence-corrected chi connectivity index (χ2v) is 6.08. The van der Waals surface area contributed by atoms with Gasteiger partial charge < -0.3 is 19.5 Å². The number of ether oxygens (including phenoxy) is 3. The summed E-state index contributed by atoms with van der Waals surface area (Å²) in [4.78, 5) is 11.9. The van der Waals surface area contributed by atoms with Crippen molar-refractivity contribution >= 4 is 6.09 Å². The highest BCUT2D eigenvalue weighted by atomic mass is 16.5. The minimum atomic E-state index is -0.391. The molecule has 5 nitrogen and oxygen atoms in total. The highest BCUT2D eigenvalue weighted by molar-refractivity contribution is 5.67. The zero-order valence-corrected chi connectivity index (χ0v) is 14.6. The van der Waals surface area contributed by atoms with E-state index in [0.717, 1.165) is 29.9 Å². The number of aryl methyl sites for hydroxylation is 1. The van der Waals surface area contributed by atoms with Crippen LogP contribution in [0.4, 0.5) is 4.79 Å². The van der Waals surface area contributed by atoms with E-state index in [1.807, 2.05) is 42.5 Å². The molecule has 0 radical (unpaired) electrons. The molecular formula is C20H23NO4. The Hall–Kier alpha value is -2.69. The van der Waals surface area contributed by atoms with Gasteiger partial charge in [0.15, 0.2) is 11.5 Å². The fraction of sp³-hybridized carbons (Fsp3) is 0.350. The molecule has 0 heterocycles. The van der Waals surface area contributed by atoms with Gasteiger partial charge in [0.1, 0.15) is 6.61 Å². The summed E-state index contributed by atoms with van der Waals surface area (Å²) >= 11 is 0. The molecule has 0 aromatic heterocycles. The van der Waals surface area contributed by atoms with Crippen LogP contribution in [0.1, 0.15) is 29.0 Å². The molecule has 1 aliphatic rings. The van der Waals surface area contributed by atoms with E-state index in [2.05, 4.69) is 5.32 Å². The summed E-state index contributed by atoms with van der Waals surface area (Å²) in [6, 6.07) is 13.7. The topological polar surface area (TPSA) is 56.8 Å². The molecule has 0 fully saturated rings. The summed E-state index contributed by atoms with van der Waals surface area (Å²) in [6.45, 7) is 0.828. The van der Waals surface area contributed by atoms with Crippen LogP contribution in [0.2, 0.25) is 0 Å². The number of alkyl carbamates (subject to hydrolysis) is 1. The molecule has 0 aliphatic heterocycles. The summed E-state index contributed by atoms with van der Waals surface area (Å²) in [7, 11) is 3.27. The molecule has 1 amide bonds. The molecule has 25 heavy (non-hydrogen) atoms. The zero-order chi connectivity index (χ0) is 17.6. The molecule has 0 saturated carbocycles. The highest BCUT2D eigenvalue weighted by Crippen LogP contribution is 2.40.